The molecule has 0 saturated heterocycles. The Hall–Kier alpha value is -1.51. The molecule has 0 fully saturated rings. The third-order valence-electron chi connectivity index (χ3n) is 3.18. The Morgan fingerprint density at radius 1 is 1.17 bits per heavy atom. The lowest BCUT2D eigenvalue weighted by Gasteiger charge is -2.22. The first-order chi connectivity index (χ1) is 8.56. The molecule has 100 valence electrons. The van der Waals surface area contributed by atoms with Crippen molar-refractivity contribution in [3.8, 4) is 11.5 Å². The number of hydrogen-bond acceptors (Lipinski definition) is 3. The average Bonchev–Trinajstić information content (AvgIpc) is 2.36. The zero-order valence-electron chi connectivity index (χ0n) is 11.8. The van der Waals surface area contributed by atoms with Crippen molar-refractivity contribution < 1.29 is 14.3 Å². The molecule has 1 unspecified atom stereocenters. The molecule has 0 heterocycles. The zero-order chi connectivity index (χ0) is 13.7. The molecule has 1 aromatic carbocycles. The van der Waals surface area contributed by atoms with Crippen molar-refractivity contribution in [2.24, 2.45) is 0 Å². The Morgan fingerprint density at radius 2 is 1.83 bits per heavy atom. The van der Waals surface area contributed by atoms with Gasteiger partial charge in [-0.1, -0.05) is 26.8 Å². The number of aldehydes is 1. The summed E-state index contributed by atoms with van der Waals surface area (Å²) in [6.07, 6.45) is 1.44. The van der Waals surface area contributed by atoms with Crippen LogP contribution in [0.1, 0.15) is 50.2 Å². The molecule has 18 heavy (non-hydrogen) atoms. The number of hydrogen-bond donors (Lipinski definition) is 0. The molecule has 0 spiro atoms. The summed E-state index contributed by atoms with van der Waals surface area (Å²) in [6, 6.07) is 3.98. The van der Waals surface area contributed by atoms with E-state index < -0.39 is 0 Å². The Labute approximate surface area is 109 Å². The van der Waals surface area contributed by atoms with Crippen LogP contribution in [0, 0.1) is 0 Å². The maximum absolute atomic E-state index is 10.8. The van der Waals surface area contributed by atoms with Crippen molar-refractivity contribution in [1.82, 2.24) is 0 Å². The lowest BCUT2D eigenvalue weighted by Crippen LogP contribution is -2.06. The van der Waals surface area contributed by atoms with Gasteiger partial charge >= 0.3 is 0 Å². The molecular formula is C15H22O3. The highest BCUT2D eigenvalue weighted by atomic mass is 16.5. The minimum absolute atomic E-state index is 0.130. The summed E-state index contributed by atoms with van der Waals surface area (Å²) >= 11 is 0. The molecule has 0 aliphatic heterocycles. The van der Waals surface area contributed by atoms with Crippen molar-refractivity contribution in [2.45, 2.75) is 39.0 Å². The highest BCUT2D eigenvalue weighted by Gasteiger charge is 2.21. The molecule has 0 radical (unpaired) electrons. The van der Waals surface area contributed by atoms with Crippen LogP contribution in [0.2, 0.25) is 0 Å². The Balaban J connectivity index is 3.42. The van der Waals surface area contributed by atoms with Crippen LogP contribution in [-0.4, -0.2) is 20.5 Å². The molecule has 3 nitrogen and oxygen atoms in total. The minimum atomic E-state index is 0.130. The average molecular weight is 250 g/mol. The van der Waals surface area contributed by atoms with Crippen LogP contribution in [0.3, 0.4) is 0 Å². The molecule has 1 atom stereocenters. The quantitative estimate of drug-likeness (QED) is 0.725. The van der Waals surface area contributed by atoms with E-state index in [9.17, 15) is 4.79 Å². The fraction of sp³-hybridized carbons (Fsp3) is 0.533. The first-order valence-corrected chi connectivity index (χ1v) is 6.25. The molecule has 0 saturated carbocycles. The largest absolute Gasteiger partial charge is 0.493 e. The van der Waals surface area contributed by atoms with Gasteiger partial charge in [0.05, 0.1) is 14.2 Å². The predicted molar refractivity (Wildman–Crippen MR) is 72.7 cm³/mol. The smallest absolute Gasteiger partial charge is 0.164 e. The van der Waals surface area contributed by atoms with Crippen molar-refractivity contribution in [3.63, 3.8) is 0 Å². The van der Waals surface area contributed by atoms with Crippen LogP contribution in [0.25, 0.3) is 0 Å². The van der Waals surface area contributed by atoms with Gasteiger partial charge in [-0.25, -0.2) is 0 Å². The minimum Gasteiger partial charge on any atom is -0.493 e. The second kappa shape index (κ2) is 6.43. The van der Waals surface area contributed by atoms with Crippen LogP contribution in [0.5, 0.6) is 11.5 Å². The van der Waals surface area contributed by atoms with Crippen molar-refractivity contribution in [1.29, 1.82) is 0 Å². The maximum atomic E-state index is 10.8. The first-order valence-electron chi connectivity index (χ1n) is 6.25. The lowest BCUT2D eigenvalue weighted by atomic mass is 9.87. The molecular weight excluding hydrogens is 228 g/mol. The van der Waals surface area contributed by atoms with Crippen molar-refractivity contribution in [3.05, 3.63) is 23.3 Å². The molecule has 0 aromatic heterocycles. The molecule has 1 rings (SSSR count). The number of ether oxygens (including phenoxy) is 2. The van der Waals surface area contributed by atoms with E-state index in [-0.39, 0.29) is 5.92 Å². The third-order valence-corrected chi connectivity index (χ3v) is 3.18. The summed E-state index contributed by atoms with van der Waals surface area (Å²) < 4.78 is 10.8. The lowest BCUT2D eigenvalue weighted by molar-refractivity contribution is -0.108. The highest BCUT2D eigenvalue weighted by Crippen LogP contribution is 2.41. The van der Waals surface area contributed by atoms with E-state index in [0.29, 0.717) is 12.3 Å². The van der Waals surface area contributed by atoms with Gasteiger partial charge in [0, 0.05) is 12.0 Å². The number of carbonyl (C=O) groups excluding carboxylic acids is 1. The SMILES string of the molecule is COc1ccc(C(C)C)c(C(C)CC=O)c1OC. The number of methoxy groups -OCH3 is 2. The van der Waals surface area contributed by atoms with Gasteiger partial charge in [-0.05, 0) is 23.5 Å². The van der Waals surface area contributed by atoms with Crippen LogP contribution in [-0.2, 0) is 4.79 Å². The van der Waals surface area contributed by atoms with E-state index in [1.807, 2.05) is 13.0 Å². The number of carbonyl (C=O) groups is 1. The summed E-state index contributed by atoms with van der Waals surface area (Å²) in [4.78, 5) is 10.8. The van der Waals surface area contributed by atoms with E-state index in [1.54, 1.807) is 14.2 Å². The van der Waals surface area contributed by atoms with E-state index in [2.05, 4.69) is 19.9 Å². The standard InChI is InChI=1S/C15H22O3/c1-10(2)12-6-7-13(17-4)15(18-5)14(12)11(3)8-9-16/h6-7,9-11H,8H2,1-5H3. The van der Waals surface area contributed by atoms with Crippen molar-refractivity contribution in [2.75, 3.05) is 14.2 Å². The molecule has 1 aromatic rings. The maximum Gasteiger partial charge on any atom is 0.164 e. The van der Waals surface area contributed by atoms with Crippen LogP contribution < -0.4 is 9.47 Å². The molecule has 0 aliphatic rings. The van der Waals surface area contributed by atoms with E-state index in [1.165, 1.54) is 5.56 Å². The second-order valence-corrected chi connectivity index (χ2v) is 4.76. The van der Waals surface area contributed by atoms with Crippen LogP contribution >= 0.6 is 0 Å². The monoisotopic (exact) mass is 250 g/mol. The van der Waals surface area contributed by atoms with Gasteiger partial charge in [-0.3, -0.25) is 0 Å². The summed E-state index contributed by atoms with van der Waals surface area (Å²) in [5.41, 5.74) is 2.29. The second-order valence-electron chi connectivity index (χ2n) is 4.76. The van der Waals surface area contributed by atoms with Gasteiger partial charge in [-0.2, -0.15) is 0 Å². The Kier molecular flexibility index (Phi) is 5.20. The molecule has 0 aliphatic carbocycles. The van der Waals surface area contributed by atoms with Gasteiger partial charge in [-0.15, -0.1) is 0 Å². The predicted octanol–water partition coefficient (Wildman–Crippen LogP) is 3.52. The van der Waals surface area contributed by atoms with Crippen LogP contribution in [0.15, 0.2) is 12.1 Å². The first kappa shape index (κ1) is 14.6. The summed E-state index contributed by atoms with van der Waals surface area (Å²) in [5.74, 6) is 1.98. The highest BCUT2D eigenvalue weighted by molar-refractivity contribution is 5.57. The molecule has 3 heteroatoms. The molecule has 0 bridgehead atoms. The van der Waals surface area contributed by atoms with Crippen LogP contribution in [0.4, 0.5) is 0 Å². The molecule has 0 N–H and O–H groups in total. The van der Waals surface area contributed by atoms with Gasteiger partial charge in [0.25, 0.3) is 0 Å². The topological polar surface area (TPSA) is 35.5 Å². The fourth-order valence-corrected chi connectivity index (χ4v) is 2.24. The van der Waals surface area contributed by atoms with Gasteiger partial charge in [0.15, 0.2) is 11.5 Å². The third kappa shape index (κ3) is 2.84. The van der Waals surface area contributed by atoms with Gasteiger partial charge in [0.2, 0.25) is 0 Å². The normalized spacial score (nSPS) is 12.3. The molecule has 0 amide bonds. The van der Waals surface area contributed by atoms with Gasteiger partial charge in [0.1, 0.15) is 6.29 Å². The van der Waals surface area contributed by atoms with Crippen molar-refractivity contribution >= 4 is 6.29 Å². The number of benzene rings is 1. The number of rotatable bonds is 6. The summed E-state index contributed by atoms with van der Waals surface area (Å²) in [5, 5.41) is 0. The Morgan fingerprint density at radius 3 is 2.28 bits per heavy atom. The summed E-state index contributed by atoms with van der Waals surface area (Å²) in [7, 11) is 3.26. The van der Waals surface area contributed by atoms with E-state index in [4.69, 9.17) is 9.47 Å². The van der Waals surface area contributed by atoms with E-state index >= 15 is 0 Å². The zero-order valence-corrected chi connectivity index (χ0v) is 11.8. The van der Waals surface area contributed by atoms with Gasteiger partial charge < -0.3 is 14.3 Å². The Bertz CT molecular complexity index is 410. The summed E-state index contributed by atoms with van der Waals surface area (Å²) in [6.45, 7) is 6.31. The fourth-order valence-electron chi connectivity index (χ4n) is 2.24. The van der Waals surface area contributed by atoms with E-state index in [0.717, 1.165) is 23.3 Å².